The van der Waals surface area contributed by atoms with Gasteiger partial charge in [0.15, 0.2) is 5.96 Å². The first-order valence-electron chi connectivity index (χ1n) is 11.7. The molecule has 0 aromatic heterocycles. The van der Waals surface area contributed by atoms with Crippen LogP contribution in [0.4, 0.5) is 0 Å². The summed E-state index contributed by atoms with van der Waals surface area (Å²) in [6.07, 6.45) is 6.73. The number of methoxy groups -OCH3 is 1. The smallest absolute Gasteiger partial charge is 0.253 e. The Balaban J connectivity index is 0.00000363. The van der Waals surface area contributed by atoms with Crippen LogP contribution in [0.3, 0.4) is 0 Å². The van der Waals surface area contributed by atoms with Gasteiger partial charge in [0.05, 0.1) is 6.10 Å². The first-order chi connectivity index (χ1) is 15.2. The highest BCUT2D eigenvalue weighted by molar-refractivity contribution is 14.0. The molecule has 1 N–H and O–H groups in total. The number of carbonyl (C=O) groups is 1. The number of nitrogens with zero attached hydrogens (tertiary/aromatic N) is 3. The van der Waals surface area contributed by atoms with Crippen LogP contribution in [0, 0.1) is 0 Å². The van der Waals surface area contributed by atoms with Gasteiger partial charge in [-0.1, -0.05) is 12.1 Å². The van der Waals surface area contributed by atoms with E-state index in [1.165, 1.54) is 6.42 Å². The van der Waals surface area contributed by atoms with Crippen LogP contribution in [-0.4, -0.2) is 81.3 Å². The van der Waals surface area contributed by atoms with E-state index in [0.29, 0.717) is 12.6 Å². The molecule has 2 fully saturated rings. The predicted molar refractivity (Wildman–Crippen MR) is 139 cm³/mol. The number of carbonyl (C=O) groups excluding carboxylic acids is 1. The molecule has 2 aliphatic heterocycles. The van der Waals surface area contributed by atoms with Crippen LogP contribution >= 0.6 is 24.0 Å². The summed E-state index contributed by atoms with van der Waals surface area (Å²) < 4.78 is 11.0. The van der Waals surface area contributed by atoms with E-state index >= 15 is 0 Å². The minimum Gasteiger partial charge on any atom is -0.385 e. The van der Waals surface area contributed by atoms with Crippen molar-refractivity contribution >= 4 is 35.8 Å². The number of piperidine rings is 2. The zero-order valence-corrected chi connectivity index (χ0v) is 21.9. The van der Waals surface area contributed by atoms with E-state index in [9.17, 15) is 4.79 Å². The Bertz CT molecular complexity index is 717. The van der Waals surface area contributed by atoms with Crippen molar-refractivity contribution in [2.45, 2.75) is 51.2 Å². The van der Waals surface area contributed by atoms with Crippen molar-refractivity contribution in [3.05, 3.63) is 35.4 Å². The molecule has 2 aliphatic rings. The van der Waals surface area contributed by atoms with E-state index in [1.54, 1.807) is 7.11 Å². The van der Waals surface area contributed by atoms with Gasteiger partial charge in [-0.05, 0) is 56.2 Å². The summed E-state index contributed by atoms with van der Waals surface area (Å²) in [6, 6.07) is 7.97. The van der Waals surface area contributed by atoms with Crippen molar-refractivity contribution in [3.63, 3.8) is 0 Å². The SMILES string of the molecule is CN=C(NCc1cccc(C(=O)N2CCCCC2)c1)N1CCC(OCCCOC)CC1.I. The van der Waals surface area contributed by atoms with Crippen LogP contribution in [0.1, 0.15) is 54.4 Å². The normalized spacial score (nSPS) is 17.8. The number of rotatable bonds is 8. The van der Waals surface area contributed by atoms with Crippen molar-refractivity contribution in [2.75, 3.05) is 53.6 Å². The molecule has 0 bridgehead atoms. The molecule has 1 aromatic carbocycles. The number of hydrogen-bond acceptors (Lipinski definition) is 4. The highest BCUT2D eigenvalue weighted by Crippen LogP contribution is 2.16. The summed E-state index contributed by atoms with van der Waals surface area (Å²) in [5, 5.41) is 3.47. The molecule has 32 heavy (non-hydrogen) atoms. The lowest BCUT2D eigenvalue weighted by molar-refractivity contribution is 0.00989. The Morgan fingerprint density at radius 3 is 2.53 bits per heavy atom. The van der Waals surface area contributed by atoms with Crippen molar-refractivity contribution in [2.24, 2.45) is 4.99 Å². The van der Waals surface area contributed by atoms with Crippen molar-refractivity contribution in [1.29, 1.82) is 0 Å². The van der Waals surface area contributed by atoms with Gasteiger partial charge in [-0.3, -0.25) is 9.79 Å². The molecule has 2 saturated heterocycles. The first kappa shape index (κ1) is 26.9. The van der Waals surface area contributed by atoms with Gasteiger partial charge in [0, 0.05) is 65.7 Å². The van der Waals surface area contributed by atoms with E-state index in [2.05, 4.69) is 21.3 Å². The number of likely N-dealkylation sites (tertiary alicyclic amines) is 2. The quantitative estimate of drug-likeness (QED) is 0.229. The Morgan fingerprint density at radius 2 is 1.84 bits per heavy atom. The fourth-order valence-electron chi connectivity index (χ4n) is 4.29. The summed E-state index contributed by atoms with van der Waals surface area (Å²) in [5.41, 5.74) is 1.88. The molecule has 0 spiro atoms. The third-order valence-corrected chi connectivity index (χ3v) is 6.07. The molecule has 8 heteroatoms. The number of aliphatic imine (C=N–C) groups is 1. The molecule has 0 radical (unpaired) electrons. The second-order valence-electron chi connectivity index (χ2n) is 8.36. The van der Waals surface area contributed by atoms with Crippen LogP contribution in [0.5, 0.6) is 0 Å². The van der Waals surface area contributed by atoms with Crippen LogP contribution < -0.4 is 5.32 Å². The summed E-state index contributed by atoms with van der Waals surface area (Å²) >= 11 is 0. The number of halogens is 1. The van der Waals surface area contributed by atoms with Crippen LogP contribution in [-0.2, 0) is 16.0 Å². The zero-order valence-electron chi connectivity index (χ0n) is 19.6. The number of benzene rings is 1. The Hall–Kier alpha value is -1.39. The van der Waals surface area contributed by atoms with Gasteiger partial charge in [0.25, 0.3) is 5.91 Å². The summed E-state index contributed by atoms with van der Waals surface area (Å²) in [6.45, 7) is 5.78. The van der Waals surface area contributed by atoms with Crippen molar-refractivity contribution in [3.8, 4) is 0 Å². The average molecular weight is 559 g/mol. The van der Waals surface area contributed by atoms with E-state index in [0.717, 1.165) is 88.6 Å². The standard InChI is InChI=1S/C24H38N4O3.HI/c1-25-24(28-14-10-22(11-15-28)31-17-7-16-30-2)26-19-20-8-6-9-21(18-20)23(29)27-12-4-3-5-13-27;/h6,8-9,18,22H,3-5,7,10-17,19H2,1-2H3,(H,25,26);1H. The number of nitrogens with one attached hydrogen (secondary N) is 1. The fourth-order valence-corrected chi connectivity index (χ4v) is 4.29. The lowest BCUT2D eigenvalue weighted by Gasteiger charge is -2.34. The molecule has 3 rings (SSSR count). The highest BCUT2D eigenvalue weighted by atomic mass is 127. The average Bonchev–Trinajstić information content (AvgIpc) is 2.83. The molecular weight excluding hydrogens is 519 g/mol. The van der Waals surface area contributed by atoms with Gasteiger partial charge in [0.1, 0.15) is 0 Å². The van der Waals surface area contributed by atoms with Crippen LogP contribution in [0.2, 0.25) is 0 Å². The lowest BCUT2D eigenvalue weighted by Crippen LogP contribution is -2.46. The third-order valence-electron chi connectivity index (χ3n) is 6.07. The maximum absolute atomic E-state index is 12.8. The zero-order chi connectivity index (χ0) is 21.9. The Labute approximate surface area is 209 Å². The summed E-state index contributed by atoms with van der Waals surface area (Å²) in [4.78, 5) is 21.5. The van der Waals surface area contributed by atoms with E-state index in [-0.39, 0.29) is 29.9 Å². The number of guanidine groups is 1. The van der Waals surface area contributed by atoms with E-state index < -0.39 is 0 Å². The minimum atomic E-state index is 0. The van der Waals surface area contributed by atoms with Gasteiger partial charge in [-0.2, -0.15) is 0 Å². The lowest BCUT2D eigenvalue weighted by atomic mass is 10.1. The second-order valence-corrected chi connectivity index (χ2v) is 8.36. The Morgan fingerprint density at radius 1 is 1.09 bits per heavy atom. The monoisotopic (exact) mass is 558 g/mol. The molecule has 1 amide bonds. The van der Waals surface area contributed by atoms with Gasteiger partial charge < -0.3 is 24.6 Å². The number of hydrogen-bond donors (Lipinski definition) is 1. The molecule has 0 unspecified atom stereocenters. The summed E-state index contributed by atoms with van der Waals surface area (Å²) in [5.74, 6) is 1.06. The van der Waals surface area contributed by atoms with Crippen molar-refractivity contribution in [1.82, 2.24) is 15.1 Å². The van der Waals surface area contributed by atoms with Gasteiger partial charge >= 0.3 is 0 Å². The van der Waals surface area contributed by atoms with Crippen molar-refractivity contribution < 1.29 is 14.3 Å². The first-order valence-corrected chi connectivity index (χ1v) is 11.7. The molecule has 0 saturated carbocycles. The molecule has 7 nitrogen and oxygen atoms in total. The maximum Gasteiger partial charge on any atom is 0.253 e. The maximum atomic E-state index is 12.8. The number of ether oxygens (including phenoxy) is 2. The molecular formula is C24H39IN4O3. The number of amides is 1. The molecule has 2 heterocycles. The molecule has 180 valence electrons. The largest absolute Gasteiger partial charge is 0.385 e. The second kappa shape index (κ2) is 14.7. The topological polar surface area (TPSA) is 66.4 Å². The minimum absolute atomic E-state index is 0. The van der Waals surface area contributed by atoms with Gasteiger partial charge in [0.2, 0.25) is 0 Å². The van der Waals surface area contributed by atoms with Gasteiger partial charge in [-0.15, -0.1) is 24.0 Å². The van der Waals surface area contributed by atoms with Crippen LogP contribution in [0.15, 0.2) is 29.3 Å². The van der Waals surface area contributed by atoms with E-state index in [1.807, 2.05) is 30.1 Å². The fraction of sp³-hybridized carbons (Fsp3) is 0.667. The van der Waals surface area contributed by atoms with E-state index in [4.69, 9.17) is 9.47 Å². The molecule has 1 aromatic rings. The highest BCUT2D eigenvalue weighted by Gasteiger charge is 2.22. The summed E-state index contributed by atoms with van der Waals surface area (Å²) in [7, 11) is 3.55. The third kappa shape index (κ3) is 8.19. The Kier molecular flexibility index (Phi) is 12.3. The molecule has 0 aliphatic carbocycles. The van der Waals surface area contributed by atoms with Crippen LogP contribution in [0.25, 0.3) is 0 Å². The predicted octanol–water partition coefficient (Wildman–Crippen LogP) is 3.52. The van der Waals surface area contributed by atoms with Gasteiger partial charge in [-0.25, -0.2) is 0 Å². The molecule has 0 atom stereocenters.